The number of halogens is 3. The lowest BCUT2D eigenvalue weighted by atomic mass is 10.2. The summed E-state index contributed by atoms with van der Waals surface area (Å²) in [6, 6.07) is -0.558. The molecule has 9 heteroatoms. The van der Waals surface area contributed by atoms with Crippen molar-refractivity contribution in [3.8, 4) is 0 Å². The Kier molecular flexibility index (Phi) is 5.28. The summed E-state index contributed by atoms with van der Waals surface area (Å²) >= 11 is 1.47. The van der Waals surface area contributed by atoms with Crippen LogP contribution in [-0.2, 0) is 6.54 Å². The zero-order valence-electron chi connectivity index (χ0n) is 12.5. The molecule has 0 aromatic carbocycles. The molecule has 0 radical (unpaired) electrons. The van der Waals surface area contributed by atoms with Crippen LogP contribution >= 0.6 is 11.3 Å². The number of nitrogens with one attached hydrogen (secondary N) is 1. The average molecular weight is 336 g/mol. The van der Waals surface area contributed by atoms with Crippen molar-refractivity contribution in [3.05, 3.63) is 16.1 Å². The fourth-order valence-electron chi connectivity index (χ4n) is 2.41. The van der Waals surface area contributed by atoms with E-state index < -0.39 is 12.7 Å². The predicted molar refractivity (Wildman–Crippen MR) is 77.7 cm³/mol. The molecule has 1 aromatic rings. The standard InChI is InChI=1S/C13H19F3N4OS/c1-9-6-19(3-4-20(9)7-13(14,15)16)12(21)17-5-11-10(2)18-8-22-11/h8-9H,3-7H2,1-2H3,(H,17,21)/t9-/m1/s1. The number of hydrogen-bond donors (Lipinski definition) is 1. The van der Waals surface area contributed by atoms with Gasteiger partial charge in [0.2, 0.25) is 0 Å². The van der Waals surface area contributed by atoms with Gasteiger partial charge < -0.3 is 10.2 Å². The fraction of sp³-hybridized carbons (Fsp3) is 0.692. The highest BCUT2D eigenvalue weighted by molar-refractivity contribution is 7.09. The number of urea groups is 1. The summed E-state index contributed by atoms with van der Waals surface area (Å²) < 4.78 is 37.3. The molecule has 0 saturated carbocycles. The first-order valence-electron chi connectivity index (χ1n) is 6.99. The van der Waals surface area contributed by atoms with E-state index in [2.05, 4.69) is 10.3 Å². The van der Waals surface area contributed by atoms with Crippen molar-refractivity contribution in [1.29, 1.82) is 0 Å². The van der Waals surface area contributed by atoms with Crippen molar-refractivity contribution in [3.63, 3.8) is 0 Å². The van der Waals surface area contributed by atoms with Gasteiger partial charge in [-0.05, 0) is 13.8 Å². The number of aromatic nitrogens is 1. The lowest BCUT2D eigenvalue weighted by molar-refractivity contribution is -0.153. The van der Waals surface area contributed by atoms with Gasteiger partial charge in [-0.3, -0.25) is 4.90 Å². The van der Waals surface area contributed by atoms with Crippen molar-refractivity contribution >= 4 is 17.4 Å². The molecule has 2 heterocycles. The first kappa shape index (κ1) is 17.0. The molecule has 0 bridgehead atoms. The van der Waals surface area contributed by atoms with Crippen LogP contribution in [0.5, 0.6) is 0 Å². The largest absolute Gasteiger partial charge is 0.401 e. The van der Waals surface area contributed by atoms with Gasteiger partial charge in [-0.15, -0.1) is 11.3 Å². The minimum Gasteiger partial charge on any atom is -0.333 e. The Morgan fingerprint density at radius 3 is 2.77 bits per heavy atom. The van der Waals surface area contributed by atoms with Crippen molar-refractivity contribution < 1.29 is 18.0 Å². The van der Waals surface area contributed by atoms with Gasteiger partial charge >= 0.3 is 12.2 Å². The van der Waals surface area contributed by atoms with Crippen LogP contribution in [0.15, 0.2) is 5.51 Å². The molecular formula is C13H19F3N4OS. The Morgan fingerprint density at radius 2 is 2.23 bits per heavy atom. The third-order valence-electron chi connectivity index (χ3n) is 3.68. The predicted octanol–water partition coefficient (Wildman–Crippen LogP) is 2.23. The van der Waals surface area contributed by atoms with Crippen LogP contribution in [0.25, 0.3) is 0 Å². The number of piperazine rings is 1. The molecule has 1 aromatic heterocycles. The maximum atomic E-state index is 12.4. The SMILES string of the molecule is Cc1ncsc1CNC(=O)N1CCN(CC(F)(F)F)[C@H](C)C1. The monoisotopic (exact) mass is 336 g/mol. The van der Waals surface area contributed by atoms with E-state index in [0.29, 0.717) is 19.6 Å². The number of carbonyl (C=O) groups is 1. The molecule has 1 saturated heterocycles. The fourth-order valence-corrected chi connectivity index (χ4v) is 3.13. The highest BCUT2D eigenvalue weighted by Crippen LogP contribution is 2.20. The summed E-state index contributed by atoms with van der Waals surface area (Å²) in [4.78, 5) is 20.1. The summed E-state index contributed by atoms with van der Waals surface area (Å²) in [6.07, 6.45) is -4.21. The molecule has 5 nitrogen and oxygen atoms in total. The number of aryl methyl sites for hydroxylation is 1. The summed E-state index contributed by atoms with van der Waals surface area (Å²) in [7, 11) is 0. The molecule has 2 rings (SSSR count). The Bertz CT molecular complexity index is 520. The van der Waals surface area contributed by atoms with E-state index in [1.165, 1.54) is 16.2 Å². The summed E-state index contributed by atoms with van der Waals surface area (Å²) in [6.45, 7) is 3.87. The van der Waals surface area contributed by atoms with E-state index in [4.69, 9.17) is 0 Å². The first-order valence-corrected chi connectivity index (χ1v) is 7.87. The first-order chi connectivity index (χ1) is 10.3. The van der Waals surface area contributed by atoms with Crippen LogP contribution in [0.2, 0.25) is 0 Å². The minimum absolute atomic E-state index is 0.230. The van der Waals surface area contributed by atoms with Crippen LogP contribution in [0.3, 0.4) is 0 Å². The topological polar surface area (TPSA) is 48.5 Å². The van der Waals surface area contributed by atoms with Gasteiger partial charge in [0.05, 0.1) is 24.3 Å². The lowest BCUT2D eigenvalue weighted by Gasteiger charge is -2.39. The van der Waals surface area contributed by atoms with Gasteiger partial charge in [0.25, 0.3) is 0 Å². The molecule has 22 heavy (non-hydrogen) atoms. The van der Waals surface area contributed by atoms with Gasteiger partial charge in [0, 0.05) is 30.6 Å². The second kappa shape index (κ2) is 6.82. The number of hydrogen-bond acceptors (Lipinski definition) is 4. The zero-order chi connectivity index (χ0) is 16.3. The van der Waals surface area contributed by atoms with Crippen LogP contribution in [0.1, 0.15) is 17.5 Å². The molecule has 0 aliphatic carbocycles. The molecule has 0 unspecified atom stereocenters. The number of thiazole rings is 1. The smallest absolute Gasteiger partial charge is 0.333 e. The lowest BCUT2D eigenvalue weighted by Crippen LogP contribution is -2.57. The minimum atomic E-state index is -4.21. The number of alkyl halides is 3. The van der Waals surface area contributed by atoms with E-state index in [-0.39, 0.29) is 18.6 Å². The third-order valence-corrected chi connectivity index (χ3v) is 4.61. The van der Waals surface area contributed by atoms with E-state index in [1.807, 2.05) is 6.92 Å². The van der Waals surface area contributed by atoms with E-state index in [0.717, 1.165) is 10.6 Å². The summed E-state index contributed by atoms with van der Waals surface area (Å²) in [5.41, 5.74) is 2.60. The molecule has 1 atom stereocenters. The molecule has 1 N–H and O–H groups in total. The van der Waals surface area contributed by atoms with Crippen LogP contribution in [0, 0.1) is 6.92 Å². The zero-order valence-corrected chi connectivity index (χ0v) is 13.3. The van der Waals surface area contributed by atoms with Gasteiger partial charge in [-0.1, -0.05) is 0 Å². The van der Waals surface area contributed by atoms with Crippen molar-refractivity contribution in [1.82, 2.24) is 20.1 Å². The second-order valence-corrected chi connectivity index (χ2v) is 6.34. The number of rotatable bonds is 3. The highest BCUT2D eigenvalue weighted by atomic mass is 32.1. The normalized spacial score (nSPS) is 20.2. The van der Waals surface area contributed by atoms with E-state index >= 15 is 0 Å². The maximum absolute atomic E-state index is 12.4. The van der Waals surface area contributed by atoms with Gasteiger partial charge in [-0.2, -0.15) is 13.2 Å². The number of carbonyl (C=O) groups excluding carboxylic acids is 1. The average Bonchev–Trinajstić information content (AvgIpc) is 2.82. The van der Waals surface area contributed by atoms with Crippen LogP contribution in [0.4, 0.5) is 18.0 Å². The van der Waals surface area contributed by atoms with Crippen molar-refractivity contribution in [2.45, 2.75) is 32.6 Å². The van der Waals surface area contributed by atoms with Gasteiger partial charge in [-0.25, -0.2) is 9.78 Å². The summed E-state index contributed by atoms with van der Waals surface area (Å²) in [5.74, 6) is 0. The molecule has 0 spiro atoms. The Morgan fingerprint density at radius 1 is 1.50 bits per heavy atom. The molecular weight excluding hydrogens is 317 g/mol. The molecule has 1 fully saturated rings. The van der Waals surface area contributed by atoms with Gasteiger partial charge in [0.1, 0.15) is 0 Å². The van der Waals surface area contributed by atoms with Crippen LogP contribution < -0.4 is 5.32 Å². The second-order valence-electron chi connectivity index (χ2n) is 5.40. The maximum Gasteiger partial charge on any atom is 0.401 e. The molecule has 1 aliphatic rings. The number of nitrogens with zero attached hydrogens (tertiary/aromatic N) is 3. The van der Waals surface area contributed by atoms with Gasteiger partial charge in [0.15, 0.2) is 0 Å². The van der Waals surface area contributed by atoms with E-state index in [9.17, 15) is 18.0 Å². The van der Waals surface area contributed by atoms with Crippen LogP contribution in [-0.4, -0.2) is 59.2 Å². The molecule has 2 amide bonds. The Balaban J connectivity index is 1.82. The highest BCUT2D eigenvalue weighted by Gasteiger charge is 2.35. The van der Waals surface area contributed by atoms with Crippen molar-refractivity contribution in [2.75, 3.05) is 26.2 Å². The Labute approximate surface area is 131 Å². The Hall–Kier alpha value is -1.35. The van der Waals surface area contributed by atoms with E-state index in [1.54, 1.807) is 17.3 Å². The molecule has 1 aliphatic heterocycles. The quantitative estimate of drug-likeness (QED) is 0.921. The number of amides is 2. The van der Waals surface area contributed by atoms with Crippen molar-refractivity contribution in [2.24, 2.45) is 0 Å². The third kappa shape index (κ3) is 4.57. The summed E-state index contributed by atoms with van der Waals surface area (Å²) in [5, 5.41) is 2.80. The molecule has 124 valence electrons.